The molecule has 182 valence electrons. The van der Waals surface area contributed by atoms with Gasteiger partial charge in [0.05, 0.1) is 16.1 Å². The van der Waals surface area contributed by atoms with E-state index in [0.29, 0.717) is 19.6 Å². The molecule has 1 saturated heterocycles. The summed E-state index contributed by atoms with van der Waals surface area (Å²) in [6.07, 6.45) is -3.81. The summed E-state index contributed by atoms with van der Waals surface area (Å²) >= 11 is 5.99. The summed E-state index contributed by atoms with van der Waals surface area (Å²) in [5.41, 5.74) is 0.148. The monoisotopic (exact) mass is 498 g/mol. The van der Waals surface area contributed by atoms with Crippen molar-refractivity contribution in [2.75, 3.05) is 37.7 Å². The second kappa shape index (κ2) is 10.7. The van der Waals surface area contributed by atoms with Crippen LogP contribution in [0.5, 0.6) is 0 Å². The molecule has 0 bridgehead atoms. The minimum atomic E-state index is -4.54. The second-order valence-corrected chi connectivity index (χ2v) is 7.99. The molecule has 2 aromatic rings. The van der Waals surface area contributed by atoms with Crippen LogP contribution in [0.4, 0.5) is 19.0 Å². The third-order valence-corrected chi connectivity index (χ3v) is 5.42. The predicted molar refractivity (Wildman–Crippen MR) is 117 cm³/mol. The quantitative estimate of drug-likeness (QED) is 0.616. The zero-order chi connectivity index (χ0) is 24.9. The number of carbonyl (C=O) groups excluding carboxylic acids is 3. The van der Waals surface area contributed by atoms with Crippen LogP contribution < -0.4 is 10.2 Å². The van der Waals surface area contributed by atoms with E-state index in [9.17, 15) is 27.6 Å². The van der Waals surface area contributed by atoms with Crippen molar-refractivity contribution in [1.82, 2.24) is 15.2 Å². The molecule has 0 unspecified atom stereocenters. The lowest BCUT2D eigenvalue weighted by Crippen LogP contribution is -2.50. The molecule has 0 spiro atoms. The van der Waals surface area contributed by atoms with Crippen molar-refractivity contribution < 1.29 is 32.3 Å². The molecular weight excluding hydrogens is 477 g/mol. The van der Waals surface area contributed by atoms with E-state index in [1.807, 2.05) is 0 Å². The van der Waals surface area contributed by atoms with E-state index in [1.54, 1.807) is 29.2 Å². The number of amides is 2. The molecule has 2 heterocycles. The Morgan fingerprint density at radius 3 is 2.32 bits per heavy atom. The average Bonchev–Trinajstić information content (AvgIpc) is 2.80. The number of halogens is 4. The molecule has 2 amide bonds. The van der Waals surface area contributed by atoms with Crippen molar-refractivity contribution >= 4 is 35.2 Å². The first-order chi connectivity index (χ1) is 16.0. The second-order valence-electron chi connectivity index (χ2n) is 7.58. The highest BCUT2D eigenvalue weighted by molar-refractivity contribution is 6.33. The Morgan fingerprint density at radius 2 is 1.76 bits per heavy atom. The number of hydrogen-bond acceptors (Lipinski definition) is 6. The zero-order valence-electron chi connectivity index (χ0n) is 18.2. The molecule has 0 atom stereocenters. The lowest BCUT2D eigenvalue weighted by atomic mass is 10.1. The number of nitrogens with zero attached hydrogens (tertiary/aromatic N) is 3. The fourth-order valence-corrected chi connectivity index (χ4v) is 3.56. The van der Waals surface area contributed by atoms with Crippen LogP contribution in [-0.4, -0.2) is 60.5 Å². The van der Waals surface area contributed by atoms with Crippen molar-refractivity contribution in [2.45, 2.75) is 19.6 Å². The lowest BCUT2D eigenvalue weighted by molar-refractivity contribution is -0.138. The first-order valence-electron chi connectivity index (χ1n) is 10.3. The maximum Gasteiger partial charge on any atom is 0.417 e. The smallest absolute Gasteiger partial charge is 0.417 e. The van der Waals surface area contributed by atoms with Gasteiger partial charge < -0.3 is 19.9 Å². The van der Waals surface area contributed by atoms with E-state index in [1.165, 1.54) is 11.8 Å². The fraction of sp³-hybridized carbons (Fsp3) is 0.364. The van der Waals surface area contributed by atoms with Crippen LogP contribution in [0.3, 0.4) is 0 Å². The first kappa shape index (κ1) is 25.3. The van der Waals surface area contributed by atoms with E-state index in [0.717, 1.165) is 17.8 Å². The molecule has 1 aliphatic heterocycles. The lowest BCUT2D eigenvalue weighted by Gasteiger charge is -2.35. The molecule has 12 heteroatoms. The van der Waals surface area contributed by atoms with Gasteiger partial charge in [0, 0.05) is 45.8 Å². The molecule has 1 N–H and O–H groups in total. The highest BCUT2D eigenvalue weighted by atomic mass is 35.5. The number of rotatable bonds is 6. The van der Waals surface area contributed by atoms with Crippen molar-refractivity contribution in [3.05, 3.63) is 58.2 Å². The van der Waals surface area contributed by atoms with E-state index >= 15 is 0 Å². The summed E-state index contributed by atoms with van der Waals surface area (Å²) < 4.78 is 43.5. The topological polar surface area (TPSA) is 91.8 Å². The number of carbonyl (C=O) groups is 3. The van der Waals surface area contributed by atoms with Crippen LogP contribution in [0.15, 0.2) is 36.5 Å². The van der Waals surface area contributed by atoms with Crippen LogP contribution in [0.25, 0.3) is 0 Å². The van der Waals surface area contributed by atoms with E-state index in [4.69, 9.17) is 16.3 Å². The van der Waals surface area contributed by atoms with Crippen LogP contribution in [0.2, 0.25) is 5.02 Å². The number of piperazine rings is 1. The Bertz CT molecular complexity index is 1060. The molecule has 1 aromatic heterocycles. The minimum Gasteiger partial charge on any atom is -0.452 e. The Kier molecular flexibility index (Phi) is 7.98. The van der Waals surface area contributed by atoms with Gasteiger partial charge in [-0.05, 0) is 23.8 Å². The summed E-state index contributed by atoms with van der Waals surface area (Å²) in [5.74, 6) is -0.989. The SMILES string of the molecule is CC(=O)NCc1ccc(C(=O)OCC(=O)N2CCN(c3ncc(C(F)(F)F)cc3Cl)CC2)cc1. The van der Waals surface area contributed by atoms with Crippen molar-refractivity contribution in [3.63, 3.8) is 0 Å². The Morgan fingerprint density at radius 1 is 1.12 bits per heavy atom. The van der Waals surface area contributed by atoms with Gasteiger partial charge in [-0.25, -0.2) is 9.78 Å². The first-order valence-corrected chi connectivity index (χ1v) is 10.7. The number of hydrogen-bond donors (Lipinski definition) is 1. The standard InChI is InChI=1S/C22H22ClF3N4O4/c1-14(31)27-11-15-2-4-16(5-3-15)21(33)34-13-19(32)29-6-8-30(9-7-29)20-18(23)10-17(12-28-20)22(24,25)26/h2-5,10,12H,6-9,11,13H2,1H3,(H,27,31). The Balaban J connectivity index is 1.47. The van der Waals surface area contributed by atoms with Gasteiger partial charge in [0.25, 0.3) is 5.91 Å². The maximum atomic E-state index is 12.8. The Labute approximate surface area is 198 Å². The number of alkyl halides is 3. The van der Waals surface area contributed by atoms with Gasteiger partial charge in [-0.3, -0.25) is 9.59 Å². The zero-order valence-corrected chi connectivity index (χ0v) is 18.9. The van der Waals surface area contributed by atoms with Crippen molar-refractivity contribution in [3.8, 4) is 0 Å². The third kappa shape index (κ3) is 6.60. The van der Waals surface area contributed by atoms with E-state index in [-0.39, 0.29) is 41.3 Å². The number of esters is 1. The molecule has 0 radical (unpaired) electrons. The molecule has 34 heavy (non-hydrogen) atoms. The van der Waals surface area contributed by atoms with Crippen LogP contribution in [0.1, 0.15) is 28.4 Å². The maximum absolute atomic E-state index is 12.8. The van der Waals surface area contributed by atoms with E-state index < -0.39 is 24.3 Å². The minimum absolute atomic E-state index is 0.119. The van der Waals surface area contributed by atoms with E-state index in [2.05, 4.69) is 10.3 Å². The number of aromatic nitrogens is 1. The van der Waals surface area contributed by atoms with Gasteiger partial charge in [-0.2, -0.15) is 13.2 Å². The molecule has 1 fully saturated rings. The summed E-state index contributed by atoms with van der Waals surface area (Å²) in [6.45, 7) is 2.47. The molecule has 1 aliphatic rings. The summed E-state index contributed by atoms with van der Waals surface area (Å²) in [4.78, 5) is 42.6. The largest absolute Gasteiger partial charge is 0.452 e. The van der Waals surface area contributed by atoms with Crippen molar-refractivity contribution in [1.29, 1.82) is 0 Å². The summed E-state index contributed by atoms with van der Waals surface area (Å²) in [6, 6.07) is 7.27. The van der Waals surface area contributed by atoms with Gasteiger partial charge in [-0.15, -0.1) is 0 Å². The molecular formula is C22H22ClF3N4O4. The van der Waals surface area contributed by atoms with Gasteiger partial charge in [0.15, 0.2) is 6.61 Å². The highest BCUT2D eigenvalue weighted by Gasteiger charge is 2.32. The number of anilines is 1. The molecule has 0 saturated carbocycles. The van der Waals surface area contributed by atoms with Crippen LogP contribution in [0, 0.1) is 0 Å². The van der Waals surface area contributed by atoms with Gasteiger partial charge in [-0.1, -0.05) is 23.7 Å². The van der Waals surface area contributed by atoms with Crippen LogP contribution in [-0.2, 0) is 27.0 Å². The molecule has 1 aromatic carbocycles. The summed E-state index contributed by atoms with van der Waals surface area (Å²) in [7, 11) is 0. The van der Waals surface area contributed by atoms with Crippen molar-refractivity contribution in [2.24, 2.45) is 0 Å². The molecule has 3 rings (SSSR count). The molecule has 0 aliphatic carbocycles. The van der Waals surface area contributed by atoms with Gasteiger partial charge in [0.2, 0.25) is 5.91 Å². The van der Waals surface area contributed by atoms with Gasteiger partial charge >= 0.3 is 12.1 Å². The van der Waals surface area contributed by atoms with Crippen LogP contribution >= 0.6 is 11.6 Å². The number of nitrogens with one attached hydrogen (secondary N) is 1. The molecule has 8 nitrogen and oxygen atoms in total. The fourth-order valence-electron chi connectivity index (χ4n) is 3.27. The average molecular weight is 499 g/mol. The predicted octanol–water partition coefficient (Wildman–Crippen LogP) is 2.90. The van der Waals surface area contributed by atoms with Gasteiger partial charge in [0.1, 0.15) is 5.82 Å². The highest BCUT2D eigenvalue weighted by Crippen LogP contribution is 2.33. The number of benzene rings is 1. The number of pyridine rings is 1. The number of ether oxygens (including phenoxy) is 1. The summed E-state index contributed by atoms with van der Waals surface area (Å²) in [5, 5.41) is 2.53. The third-order valence-electron chi connectivity index (χ3n) is 5.14. The Hall–Kier alpha value is -3.34. The normalized spacial score (nSPS) is 14.0.